The van der Waals surface area contributed by atoms with Gasteiger partial charge in [0.25, 0.3) is 0 Å². The van der Waals surface area contributed by atoms with Crippen molar-refractivity contribution in [1.82, 2.24) is 4.90 Å². The van der Waals surface area contributed by atoms with Gasteiger partial charge in [-0.2, -0.15) is 13.2 Å². The summed E-state index contributed by atoms with van der Waals surface area (Å²) in [6.45, 7) is -2.71. The lowest BCUT2D eigenvalue weighted by molar-refractivity contribution is -0.148. The highest BCUT2D eigenvalue weighted by molar-refractivity contribution is 5.91. The molecule has 21 heavy (non-hydrogen) atoms. The number of hydrogen-bond donors (Lipinski definition) is 2. The van der Waals surface area contributed by atoms with Crippen molar-refractivity contribution >= 4 is 17.7 Å². The summed E-state index contributed by atoms with van der Waals surface area (Å²) in [4.78, 5) is 22.4. The van der Waals surface area contributed by atoms with Crippen LogP contribution in [0, 0.1) is 0 Å². The molecule has 0 aliphatic heterocycles. The number of carbonyl (C=O) groups excluding carboxylic acids is 1. The number of nitrogens with zero attached hydrogens (tertiary/aromatic N) is 1. The summed E-state index contributed by atoms with van der Waals surface area (Å²) in [7, 11) is 1.44. The summed E-state index contributed by atoms with van der Waals surface area (Å²) in [6, 6.07) is 4.69. The van der Waals surface area contributed by atoms with Crippen LogP contribution in [0.2, 0.25) is 0 Å². The van der Waals surface area contributed by atoms with E-state index in [0.29, 0.717) is 5.75 Å². The molecule has 1 aromatic carbocycles. The van der Waals surface area contributed by atoms with Gasteiger partial charge in [-0.3, -0.25) is 4.79 Å². The number of nitrogens with one attached hydrogen (secondary N) is 1. The standard InChI is InChI=1S/C12H13F3N2O4/c1-21-9-4-2-8(3-5-9)16-11(20)17(6-10(18)19)7-12(13,14)15/h2-5H,6-7H2,1H3,(H,16,20)(H,18,19). The van der Waals surface area contributed by atoms with E-state index in [1.807, 2.05) is 0 Å². The molecule has 2 N–H and O–H groups in total. The van der Waals surface area contributed by atoms with E-state index in [1.54, 1.807) is 0 Å². The van der Waals surface area contributed by atoms with E-state index in [4.69, 9.17) is 9.84 Å². The zero-order chi connectivity index (χ0) is 16.0. The number of carboxylic acid groups (broad SMARTS) is 1. The van der Waals surface area contributed by atoms with E-state index in [2.05, 4.69) is 5.32 Å². The summed E-state index contributed by atoms with van der Waals surface area (Å²) in [6.07, 6.45) is -4.69. The molecule has 1 rings (SSSR count). The average molecular weight is 306 g/mol. The Morgan fingerprint density at radius 2 is 1.86 bits per heavy atom. The van der Waals surface area contributed by atoms with Crippen molar-refractivity contribution in [3.05, 3.63) is 24.3 Å². The van der Waals surface area contributed by atoms with E-state index >= 15 is 0 Å². The molecular formula is C12H13F3N2O4. The number of carboxylic acids is 1. The minimum Gasteiger partial charge on any atom is -0.497 e. The minimum atomic E-state index is -4.69. The maximum absolute atomic E-state index is 12.3. The number of halogens is 3. The topological polar surface area (TPSA) is 78.9 Å². The Labute approximate surface area is 118 Å². The molecule has 0 aliphatic rings. The molecule has 0 unspecified atom stereocenters. The fraction of sp³-hybridized carbons (Fsp3) is 0.333. The number of urea groups is 1. The van der Waals surface area contributed by atoms with Gasteiger partial charge in [0.2, 0.25) is 0 Å². The fourth-order valence-corrected chi connectivity index (χ4v) is 1.46. The number of rotatable bonds is 5. The zero-order valence-electron chi connectivity index (χ0n) is 11.0. The Bertz CT molecular complexity index is 502. The van der Waals surface area contributed by atoms with Crippen molar-refractivity contribution < 1.29 is 32.6 Å². The molecule has 0 fully saturated rings. The summed E-state index contributed by atoms with van der Waals surface area (Å²) in [5, 5.41) is 10.7. The summed E-state index contributed by atoms with van der Waals surface area (Å²) < 4.78 is 41.9. The summed E-state index contributed by atoms with van der Waals surface area (Å²) in [5.41, 5.74) is 0.221. The number of amides is 2. The molecule has 1 aromatic rings. The van der Waals surface area contributed by atoms with Gasteiger partial charge in [0, 0.05) is 5.69 Å². The van der Waals surface area contributed by atoms with Crippen LogP contribution in [0.1, 0.15) is 0 Å². The van der Waals surface area contributed by atoms with Crippen LogP contribution in [0.3, 0.4) is 0 Å². The molecule has 0 aliphatic carbocycles. The number of carbonyl (C=O) groups is 2. The first-order valence-corrected chi connectivity index (χ1v) is 5.70. The lowest BCUT2D eigenvalue weighted by atomic mass is 10.3. The summed E-state index contributed by atoms with van der Waals surface area (Å²) in [5.74, 6) is -1.03. The van der Waals surface area contributed by atoms with Crippen LogP contribution in [0.5, 0.6) is 5.75 Å². The number of anilines is 1. The first kappa shape index (κ1) is 16.6. The normalized spacial score (nSPS) is 10.9. The Morgan fingerprint density at radius 3 is 2.29 bits per heavy atom. The van der Waals surface area contributed by atoms with Crippen LogP contribution in [0.15, 0.2) is 24.3 Å². The molecule has 0 bridgehead atoms. The fourth-order valence-electron chi connectivity index (χ4n) is 1.46. The van der Waals surface area contributed by atoms with E-state index in [9.17, 15) is 22.8 Å². The molecule has 2 amide bonds. The molecule has 0 atom stereocenters. The molecule has 0 aromatic heterocycles. The molecule has 6 nitrogen and oxygen atoms in total. The first-order chi connectivity index (χ1) is 9.71. The second-order valence-electron chi connectivity index (χ2n) is 4.02. The molecule has 0 spiro atoms. The molecule has 9 heteroatoms. The Kier molecular flexibility index (Phi) is 5.39. The summed E-state index contributed by atoms with van der Waals surface area (Å²) >= 11 is 0. The second-order valence-corrected chi connectivity index (χ2v) is 4.02. The van der Waals surface area contributed by atoms with E-state index < -0.39 is 31.3 Å². The minimum absolute atomic E-state index is 0.159. The largest absolute Gasteiger partial charge is 0.497 e. The molecule has 0 heterocycles. The maximum atomic E-state index is 12.3. The van der Waals surface area contributed by atoms with Gasteiger partial charge in [0.05, 0.1) is 7.11 Å². The highest BCUT2D eigenvalue weighted by Crippen LogP contribution is 2.18. The molecule has 0 radical (unpaired) electrons. The number of aliphatic carboxylic acids is 1. The van der Waals surface area contributed by atoms with E-state index in [-0.39, 0.29) is 10.6 Å². The van der Waals surface area contributed by atoms with Crippen LogP contribution in [0.25, 0.3) is 0 Å². The van der Waals surface area contributed by atoms with Gasteiger partial charge in [-0.05, 0) is 24.3 Å². The van der Waals surface area contributed by atoms with Crippen LogP contribution in [0.4, 0.5) is 23.7 Å². The lowest BCUT2D eigenvalue weighted by Gasteiger charge is -2.22. The van der Waals surface area contributed by atoms with Crippen molar-refractivity contribution in [3.8, 4) is 5.75 Å². The highest BCUT2D eigenvalue weighted by Gasteiger charge is 2.34. The highest BCUT2D eigenvalue weighted by atomic mass is 19.4. The second kappa shape index (κ2) is 6.82. The van der Waals surface area contributed by atoms with Crippen molar-refractivity contribution in [1.29, 1.82) is 0 Å². The maximum Gasteiger partial charge on any atom is 0.406 e. The Hall–Kier alpha value is -2.45. The number of benzene rings is 1. The predicted molar refractivity (Wildman–Crippen MR) is 67.3 cm³/mol. The molecule has 0 saturated heterocycles. The number of methoxy groups -OCH3 is 1. The quantitative estimate of drug-likeness (QED) is 0.874. The van der Waals surface area contributed by atoms with Crippen molar-refractivity contribution in [2.45, 2.75) is 6.18 Å². The number of hydrogen-bond acceptors (Lipinski definition) is 3. The number of ether oxygens (including phenoxy) is 1. The van der Waals surface area contributed by atoms with Crippen LogP contribution < -0.4 is 10.1 Å². The molecule has 0 saturated carbocycles. The van der Waals surface area contributed by atoms with Crippen LogP contribution >= 0.6 is 0 Å². The zero-order valence-corrected chi connectivity index (χ0v) is 11.0. The van der Waals surface area contributed by atoms with E-state index in [0.717, 1.165) is 0 Å². The molecule has 116 valence electrons. The third kappa shape index (κ3) is 6.02. The third-order valence-electron chi connectivity index (χ3n) is 2.32. The van der Waals surface area contributed by atoms with Crippen LogP contribution in [-0.4, -0.2) is 48.4 Å². The van der Waals surface area contributed by atoms with Gasteiger partial charge in [0.1, 0.15) is 18.8 Å². The smallest absolute Gasteiger partial charge is 0.406 e. The first-order valence-electron chi connectivity index (χ1n) is 5.70. The average Bonchev–Trinajstić information content (AvgIpc) is 2.36. The van der Waals surface area contributed by atoms with Crippen molar-refractivity contribution in [3.63, 3.8) is 0 Å². The van der Waals surface area contributed by atoms with Gasteiger partial charge in [-0.1, -0.05) is 0 Å². The SMILES string of the molecule is COc1ccc(NC(=O)N(CC(=O)O)CC(F)(F)F)cc1. The Balaban J connectivity index is 2.76. The molecular weight excluding hydrogens is 293 g/mol. The number of alkyl halides is 3. The van der Waals surface area contributed by atoms with Gasteiger partial charge in [-0.25, -0.2) is 4.79 Å². The lowest BCUT2D eigenvalue weighted by Crippen LogP contribution is -2.44. The Morgan fingerprint density at radius 1 is 1.29 bits per heavy atom. The van der Waals surface area contributed by atoms with Crippen molar-refractivity contribution in [2.75, 3.05) is 25.5 Å². The van der Waals surface area contributed by atoms with Gasteiger partial charge in [0.15, 0.2) is 0 Å². The third-order valence-corrected chi connectivity index (χ3v) is 2.32. The predicted octanol–water partition coefficient (Wildman–Crippen LogP) is 2.18. The van der Waals surface area contributed by atoms with Gasteiger partial charge in [-0.15, -0.1) is 0 Å². The van der Waals surface area contributed by atoms with Gasteiger partial charge >= 0.3 is 18.2 Å². The van der Waals surface area contributed by atoms with Crippen molar-refractivity contribution in [2.24, 2.45) is 0 Å². The van der Waals surface area contributed by atoms with Crippen LogP contribution in [-0.2, 0) is 4.79 Å². The van der Waals surface area contributed by atoms with Gasteiger partial charge < -0.3 is 20.1 Å². The van der Waals surface area contributed by atoms with E-state index in [1.165, 1.54) is 31.4 Å². The monoisotopic (exact) mass is 306 g/mol.